The van der Waals surface area contributed by atoms with Crippen LogP contribution in [0, 0.1) is 11.8 Å². The molecule has 0 heterocycles. The third-order valence-electron chi connectivity index (χ3n) is 2.99. The van der Waals surface area contributed by atoms with Gasteiger partial charge < -0.3 is 0 Å². The van der Waals surface area contributed by atoms with Gasteiger partial charge in [-0.3, -0.25) is 0 Å². The normalized spacial score (nSPS) is 24.3. The molecule has 0 fully saturated rings. The highest BCUT2D eigenvalue weighted by atomic mass is 14.3. The second-order valence-corrected chi connectivity index (χ2v) is 3.84. The number of rotatable bonds is 2. The molecule has 0 aromatic rings. The van der Waals surface area contributed by atoms with Crippen molar-refractivity contribution >= 4 is 0 Å². The maximum Gasteiger partial charge on any atom is 0.0207 e. The van der Waals surface area contributed by atoms with Crippen LogP contribution in [-0.4, -0.2) is 0 Å². The van der Waals surface area contributed by atoms with Crippen LogP contribution < -0.4 is 0 Å². The van der Waals surface area contributed by atoms with Crippen molar-refractivity contribution in [1.29, 1.82) is 0 Å². The van der Waals surface area contributed by atoms with Gasteiger partial charge in [-0.15, -0.1) is 0 Å². The van der Waals surface area contributed by atoms with Crippen LogP contribution in [0.2, 0.25) is 0 Å². The molecule has 0 nitrogen and oxygen atoms in total. The van der Waals surface area contributed by atoms with Crippen LogP contribution in [0.25, 0.3) is 0 Å². The van der Waals surface area contributed by atoms with E-state index in [0.717, 1.165) is 0 Å². The van der Waals surface area contributed by atoms with E-state index in [1.54, 1.807) is 0 Å². The van der Waals surface area contributed by atoms with Crippen molar-refractivity contribution in [2.24, 2.45) is 11.8 Å². The lowest BCUT2D eigenvalue weighted by atomic mass is 9.81. The third-order valence-corrected chi connectivity index (χ3v) is 2.99. The van der Waals surface area contributed by atoms with Gasteiger partial charge in [0.1, 0.15) is 0 Å². The molecule has 0 aromatic carbocycles. The predicted molar refractivity (Wildman–Crippen MR) is 59.7 cm³/mol. The van der Waals surface area contributed by atoms with Crippen LogP contribution in [0.4, 0.5) is 0 Å². The van der Waals surface area contributed by atoms with Crippen LogP contribution in [0.3, 0.4) is 0 Å². The molecule has 0 unspecified atom stereocenters. The van der Waals surface area contributed by atoms with Gasteiger partial charge in [-0.05, 0) is 11.1 Å². The lowest BCUT2D eigenvalue weighted by molar-refractivity contribution is 0.902. The lowest BCUT2D eigenvalue weighted by Crippen LogP contribution is -2.09. The fraction of sp³-hybridized carbons (Fsp3) is 0.143. The van der Waals surface area contributed by atoms with Crippen molar-refractivity contribution in [3.05, 3.63) is 71.9 Å². The quantitative estimate of drug-likeness (QED) is 0.611. The molecule has 68 valence electrons. The fourth-order valence-corrected chi connectivity index (χ4v) is 2.16. The molecule has 0 heteroatoms. The average molecular weight is 180 g/mol. The third kappa shape index (κ3) is 1.07. The van der Waals surface area contributed by atoms with E-state index in [-0.39, 0.29) is 0 Å². The van der Waals surface area contributed by atoms with Crippen molar-refractivity contribution in [1.82, 2.24) is 0 Å². The molecule has 0 saturated heterocycles. The van der Waals surface area contributed by atoms with E-state index in [0.29, 0.717) is 11.8 Å². The van der Waals surface area contributed by atoms with Gasteiger partial charge in [-0.25, -0.2) is 0 Å². The lowest BCUT2D eigenvalue weighted by Gasteiger charge is -2.23. The Hall–Kier alpha value is -1.56. The van der Waals surface area contributed by atoms with Crippen molar-refractivity contribution < 1.29 is 0 Å². The van der Waals surface area contributed by atoms with Crippen molar-refractivity contribution in [3.8, 4) is 0 Å². The molecule has 3 aliphatic carbocycles. The second kappa shape index (κ2) is 2.98. The van der Waals surface area contributed by atoms with Gasteiger partial charge in [-0.2, -0.15) is 0 Å². The standard InChI is InChI=1S/C14H12/c1-2-6-11(5-1)13-9-10-14(13)12-7-3-4-8-12/h1-12H. The predicted octanol–water partition coefficient (Wildman–Crippen LogP) is 3.34. The molecule has 0 saturated carbocycles. The molecule has 0 amide bonds. The summed E-state index contributed by atoms with van der Waals surface area (Å²) in [4.78, 5) is 0. The highest BCUT2D eigenvalue weighted by molar-refractivity contribution is 5.54. The molecular weight excluding hydrogens is 168 g/mol. The maximum absolute atomic E-state index is 2.25. The summed E-state index contributed by atoms with van der Waals surface area (Å²) in [6.07, 6.45) is 22.0. The van der Waals surface area contributed by atoms with Crippen LogP contribution in [0.1, 0.15) is 0 Å². The Labute approximate surface area is 84.3 Å². The molecule has 3 aliphatic rings. The van der Waals surface area contributed by atoms with Gasteiger partial charge in [0.2, 0.25) is 0 Å². The first-order valence-corrected chi connectivity index (χ1v) is 5.07. The Morgan fingerprint density at radius 1 is 0.571 bits per heavy atom. The molecule has 0 aliphatic heterocycles. The van der Waals surface area contributed by atoms with E-state index in [1.165, 1.54) is 11.1 Å². The minimum absolute atomic E-state index is 0.525. The SMILES string of the molecule is C1=CC(C2=C(C3C=CC=C3)C=C2)C=C1. The second-order valence-electron chi connectivity index (χ2n) is 3.84. The Balaban J connectivity index is 1.89. The zero-order valence-electron chi connectivity index (χ0n) is 7.93. The van der Waals surface area contributed by atoms with Crippen LogP contribution in [0.5, 0.6) is 0 Å². The zero-order chi connectivity index (χ0) is 9.38. The topological polar surface area (TPSA) is 0 Å². The first kappa shape index (κ1) is 7.81. The minimum Gasteiger partial charge on any atom is -0.0732 e. The zero-order valence-corrected chi connectivity index (χ0v) is 7.93. The number of hydrogen-bond acceptors (Lipinski definition) is 0. The molecular formula is C14H12. The Morgan fingerprint density at radius 3 is 1.21 bits per heavy atom. The van der Waals surface area contributed by atoms with E-state index in [2.05, 4.69) is 60.8 Å². The van der Waals surface area contributed by atoms with E-state index in [4.69, 9.17) is 0 Å². The van der Waals surface area contributed by atoms with Gasteiger partial charge in [0, 0.05) is 11.8 Å². The van der Waals surface area contributed by atoms with Crippen LogP contribution >= 0.6 is 0 Å². The summed E-state index contributed by atoms with van der Waals surface area (Å²) in [5.74, 6) is 1.05. The monoisotopic (exact) mass is 180 g/mol. The molecule has 0 bridgehead atoms. The van der Waals surface area contributed by atoms with Crippen molar-refractivity contribution in [2.45, 2.75) is 0 Å². The molecule has 3 rings (SSSR count). The van der Waals surface area contributed by atoms with Gasteiger partial charge in [0.05, 0.1) is 0 Å². The van der Waals surface area contributed by atoms with Crippen molar-refractivity contribution in [2.75, 3.05) is 0 Å². The van der Waals surface area contributed by atoms with E-state index >= 15 is 0 Å². The summed E-state index contributed by atoms with van der Waals surface area (Å²) in [6.45, 7) is 0. The van der Waals surface area contributed by atoms with Crippen molar-refractivity contribution in [3.63, 3.8) is 0 Å². The largest absolute Gasteiger partial charge is 0.0732 e. The first-order chi connectivity index (χ1) is 6.95. The minimum atomic E-state index is 0.525. The summed E-state index contributed by atoms with van der Waals surface area (Å²) in [5, 5.41) is 0. The summed E-state index contributed by atoms with van der Waals surface area (Å²) in [7, 11) is 0. The summed E-state index contributed by atoms with van der Waals surface area (Å²) >= 11 is 0. The van der Waals surface area contributed by atoms with Gasteiger partial charge in [-0.1, -0.05) is 60.8 Å². The van der Waals surface area contributed by atoms with Gasteiger partial charge in [0.15, 0.2) is 0 Å². The molecule has 0 radical (unpaired) electrons. The Bertz CT molecular complexity index is 361. The number of allylic oxidation sites excluding steroid dienone is 12. The molecule has 0 spiro atoms. The fourth-order valence-electron chi connectivity index (χ4n) is 2.16. The summed E-state index contributed by atoms with van der Waals surface area (Å²) in [6, 6.07) is 0. The molecule has 14 heavy (non-hydrogen) atoms. The van der Waals surface area contributed by atoms with Crippen LogP contribution in [-0.2, 0) is 0 Å². The van der Waals surface area contributed by atoms with E-state index in [9.17, 15) is 0 Å². The average Bonchev–Trinajstić information content (AvgIpc) is 2.73. The number of hydrogen-bond donors (Lipinski definition) is 0. The first-order valence-electron chi connectivity index (χ1n) is 5.07. The molecule has 0 N–H and O–H groups in total. The highest BCUT2D eigenvalue weighted by Gasteiger charge is 2.21. The molecule has 0 aromatic heterocycles. The molecule has 0 atom stereocenters. The Kier molecular flexibility index (Phi) is 1.66. The van der Waals surface area contributed by atoms with Gasteiger partial charge >= 0.3 is 0 Å². The highest BCUT2D eigenvalue weighted by Crippen LogP contribution is 2.36. The smallest absolute Gasteiger partial charge is 0.0207 e. The van der Waals surface area contributed by atoms with Gasteiger partial charge in [0.25, 0.3) is 0 Å². The maximum atomic E-state index is 2.25. The Morgan fingerprint density at radius 2 is 0.929 bits per heavy atom. The van der Waals surface area contributed by atoms with Crippen LogP contribution in [0.15, 0.2) is 71.9 Å². The summed E-state index contributed by atoms with van der Waals surface area (Å²) < 4.78 is 0. The summed E-state index contributed by atoms with van der Waals surface area (Å²) in [5.41, 5.74) is 2.97. The van der Waals surface area contributed by atoms with E-state index in [1.807, 2.05) is 0 Å². The van der Waals surface area contributed by atoms with E-state index < -0.39 is 0 Å².